The number of nitrogens with two attached hydrogens (primary N) is 1. The molecule has 5 rings (SSSR count). The molecule has 1 fully saturated rings. The molecular formula is C22H22ClN7O5S2. The number of β-lactam (4-membered cyclic amide) rings is 1. The summed E-state index contributed by atoms with van der Waals surface area (Å²) in [5.41, 5.74) is 6.03. The Bertz CT molecular complexity index is 1300. The van der Waals surface area contributed by atoms with E-state index in [2.05, 4.69) is 19.8 Å². The van der Waals surface area contributed by atoms with Gasteiger partial charge in [0.15, 0.2) is 24.1 Å². The number of oxime groups is 1. The molecule has 0 bridgehead atoms. The molecule has 4 heterocycles. The number of fused-ring (bicyclic) bond motifs is 1. The van der Waals surface area contributed by atoms with Gasteiger partial charge in [0.2, 0.25) is 11.5 Å². The van der Waals surface area contributed by atoms with E-state index in [0.717, 1.165) is 24.4 Å². The van der Waals surface area contributed by atoms with Gasteiger partial charge < -0.3 is 33.4 Å². The van der Waals surface area contributed by atoms with Gasteiger partial charge in [-0.05, 0) is 18.9 Å². The van der Waals surface area contributed by atoms with Gasteiger partial charge >= 0.3 is 5.97 Å². The Morgan fingerprint density at radius 3 is 2.76 bits per heavy atom. The van der Waals surface area contributed by atoms with Gasteiger partial charge in [-0.3, -0.25) is 14.5 Å². The van der Waals surface area contributed by atoms with Crippen molar-refractivity contribution in [1.82, 2.24) is 19.6 Å². The largest absolute Gasteiger partial charge is 1.00 e. The minimum Gasteiger partial charge on any atom is -1.00 e. The van der Waals surface area contributed by atoms with E-state index in [1.807, 2.05) is 47.3 Å². The third-order valence-electron chi connectivity index (χ3n) is 5.80. The van der Waals surface area contributed by atoms with Gasteiger partial charge in [-0.25, -0.2) is 9.36 Å². The van der Waals surface area contributed by atoms with E-state index < -0.39 is 29.2 Å². The van der Waals surface area contributed by atoms with Crippen LogP contribution in [0.1, 0.15) is 18.7 Å². The van der Waals surface area contributed by atoms with Crippen LogP contribution >= 0.6 is 23.3 Å². The van der Waals surface area contributed by atoms with Crippen molar-refractivity contribution in [3.63, 3.8) is 0 Å². The molecule has 0 aromatic carbocycles. The molecule has 3 aliphatic rings. The monoisotopic (exact) mass is 563 g/mol. The molecule has 2 amide bonds. The number of anilines is 1. The Morgan fingerprint density at radius 2 is 2.11 bits per heavy atom. The highest BCUT2D eigenvalue weighted by Gasteiger charge is 2.54. The number of nitrogens with one attached hydrogen (secondary N) is 1. The van der Waals surface area contributed by atoms with Crippen molar-refractivity contribution in [3.8, 4) is 0 Å². The van der Waals surface area contributed by atoms with E-state index in [9.17, 15) is 19.5 Å². The van der Waals surface area contributed by atoms with Gasteiger partial charge in [-0.15, -0.1) is 11.8 Å². The molecule has 2 aromatic heterocycles. The highest BCUT2D eigenvalue weighted by atomic mass is 35.5. The summed E-state index contributed by atoms with van der Waals surface area (Å²) >= 11 is 2.29. The molecular weight excluding hydrogens is 542 g/mol. The first-order valence-corrected chi connectivity index (χ1v) is 12.9. The third-order valence-corrected chi connectivity index (χ3v) is 7.69. The first-order valence-electron chi connectivity index (χ1n) is 11.1. The van der Waals surface area contributed by atoms with Crippen LogP contribution in [0.4, 0.5) is 5.13 Å². The molecule has 37 heavy (non-hydrogen) atoms. The van der Waals surface area contributed by atoms with E-state index in [-0.39, 0.29) is 40.9 Å². The molecule has 194 valence electrons. The number of carboxylic acid groups (broad SMARTS) is 1. The summed E-state index contributed by atoms with van der Waals surface area (Å²) in [6, 6.07) is 4.62. The lowest BCUT2D eigenvalue weighted by Gasteiger charge is -2.49. The second-order valence-electron chi connectivity index (χ2n) is 8.21. The smallest absolute Gasteiger partial charge is 0.352 e. The molecule has 0 saturated carbocycles. The number of aliphatic carboxylic acids is 1. The number of carbonyl (C=O) groups excluding carboxylic acids is 2. The fraction of sp³-hybridized carbons (Fsp3) is 0.318. The van der Waals surface area contributed by atoms with E-state index in [0.29, 0.717) is 17.9 Å². The van der Waals surface area contributed by atoms with Crippen molar-refractivity contribution in [3.05, 3.63) is 59.8 Å². The van der Waals surface area contributed by atoms with E-state index in [1.165, 1.54) is 16.7 Å². The van der Waals surface area contributed by atoms with Crippen LogP contribution in [-0.4, -0.2) is 66.1 Å². The Labute approximate surface area is 225 Å². The molecule has 1 saturated heterocycles. The summed E-state index contributed by atoms with van der Waals surface area (Å²) in [4.78, 5) is 49.0. The second kappa shape index (κ2) is 11.3. The number of amides is 2. The van der Waals surface area contributed by atoms with Crippen molar-refractivity contribution >= 4 is 51.9 Å². The SMILES string of the molecule is Nc1nc(C(=NOC2C=CCC2)C(=O)NC2C(=O)N3C(C(=O)O)=C(C[n+]4ccccc4)CS[C@@H]23)ns1.[Cl-]. The topological polar surface area (TPSA) is 164 Å². The number of nitrogens with zero attached hydrogens (tertiary/aromatic N) is 5. The van der Waals surface area contributed by atoms with Crippen molar-refractivity contribution < 1.29 is 41.3 Å². The Morgan fingerprint density at radius 1 is 1.32 bits per heavy atom. The van der Waals surface area contributed by atoms with Crippen LogP contribution in [-0.2, 0) is 25.8 Å². The molecule has 0 spiro atoms. The lowest BCUT2D eigenvalue weighted by atomic mass is 10.0. The molecule has 15 heteroatoms. The predicted molar refractivity (Wildman–Crippen MR) is 130 cm³/mol. The maximum atomic E-state index is 13.1. The minimum absolute atomic E-state index is 0. The molecule has 12 nitrogen and oxygen atoms in total. The van der Waals surface area contributed by atoms with Crippen LogP contribution in [0.5, 0.6) is 0 Å². The van der Waals surface area contributed by atoms with Crippen LogP contribution in [0.2, 0.25) is 0 Å². The van der Waals surface area contributed by atoms with Crippen molar-refractivity contribution in [2.45, 2.75) is 36.9 Å². The molecule has 0 radical (unpaired) electrons. The lowest BCUT2D eigenvalue weighted by Crippen LogP contribution is -3.00. The number of hydrogen-bond acceptors (Lipinski definition) is 10. The van der Waals surface area contributed by atoms with E-state index in [4.69, 9.17) is 10.6 Å². The Kier molecular flexibility index (Phi) is 8.10. The summed E-state index contributed by atoms with van der Waals surface area (Å²) < 4.78 is 5.89. The van der Waals surface area contributed by atoms with Crippen LogP contribution in [0, 0.1) is 0 Å². The van der Waals surface area contributed by atoms with Crippen molar-refractivity contribution in [2.75, 3.05) is 11.5 Å². The van der Waals surface area contributed by atoms with Crippen molar-refractivity contribution in [1.29, 1.82) is 0 Å². The van der Waals surface area contributed by atoms with Gasteiger partial charge in [0.1, 0.15) is 23.2 Å². The van der Waals surface area contributed by atoms with Gasteiger partial charge in [-0.2, -0.15) is 9.36 Å². The first-order chi connectivity index (χ1) is 17.4. The second-order valence-corrected chi connectivity index (χ2v) is 10.1. The highest BCUT2D eigenvalue weighted by molar-refractivity contribution is 8.00. The number of hydrogen-bond donors (Lipinski definition) is 3. The van der Waals surface area contributed by atoms with Crippen LogP contribution in [0.25, 0.3) is 0 Å². The molecule has 2 aliphatic heterocycles. The number of aromatic nitrogens is 3. The summed E-state index contributed by atoms with van der Waals surface area (Å²) in [6.45, 7) is 0.337. The molecule has 4 N–H and O–H groups in total. The van der Waals surface area contributed by atoms with Gasteiger partial charge in [0.25, 0.3) is 11.8 Å². The van der Waals surface area contributed by atoms with Crippen LogP contribution < -0.4 is 28.0 Å². The molecule has 3 atom stereocenters. The quantitative estimate of drug-likeness (QED) is 0.102. The number of carboxylic acids is 1. The van der Waals surface area contributed by atoms with Crippen LogP contribution in [0.15, 0.2) is 59.2 Å². The zero-order chi connectivity index (χ0) is 25.2. The first kappa shape index (κ1) is 26.6. The molecule has 1 aliphatic carbocycles. The maximum Gasteiger partial charge on any atom is 0.352 e. The Hall–Kier alpha value is -3.49. The molecule has 2 aromatic rings. The van der Waals surface area contributed by atoms with Crippen LogP contribution in [0.3, 0.4) is 0 Å². The normalized spacial score (nSPS) is 22.7. The number of carbonyl (C=O) groups is 3. The molecule has 2 unspecified atom stereocenters. The standard InChI is InChI=1S/C22H21N7O5S2.ClH/c23-22-25-17(27-36-22)14(26-34-13-6-2-3-7-13)18(30)24-15-19(31)29-16(21(32)33)12(11-35-20(15)29)10-28-8-4-1-5-9-28;/h1-2,4-6,8-9,13,15,20H,3,7,10-11H2,(H3-,23,24,25,27,30,32,33);1H/t13?,15?,20-;/m0./s1. The van der Waals surface area contributed by atoms with Gasteiger partial charge in [0, 0.05) is 35.0 Å². The minimum atomic E-state index is -1.19. The summed E-state index contributed by atoms with van der Waals surface area (Å²) in [5.74, 6) is -2.03. The van der Waals surface area contributed by atoms with Gasteiger partial charge in [-0.1, -0.05) is 17.3 Å². The number of nitrogen functional groups attached to an aromatic ring is 1. The number of allylic oxidation sites excluding steroid dienone is 1. The highest BCUT2D eigenvalue weighted by Crippen LogP contribution is 2.40. The number of thioether (sulfide) groups is 1. The number of halogens is 1. The van der Waals surface area contributed by atoms with Crippen molar-refractivity contribution in [2.24, 2.45) is 5.16 Å². The zero-order valence-corrected chi connectivity index (χ0v) is 21.6. The maximum absolute atomic E-state index is 13.1. The lowest BCUT2D eigenvalue weighted by molar-refractivity contribution is -0.689. The summed E-state index contributed by atoms with van der Waals surface area (Å²) in [6.07, 6.45) is 8.76. The summed E-state index contributed by atoms with van der Waals surface area (Å²) in [7, 11) is 0. The predicted octanol–water partition coefficient (Wildman–Crippen LogP) is -2.71. The third kappa shape index (κ3) is 5.45. The van der Waals surface area contributed by atoms with E-state index >= 15 is 0 Å². The fourth-order valence-corrected chi connectivity index (χ4v) is 5.87. The Balaban J connectivity index is 0.00000320. The summed E-state index contributed by atoms with van der Waals surface area (Å²) in [5, 5.41) is 16.1. The van der Waals surface area contributed by atoms with E-state index in [1.54, 1.807) is 0 Å². The fourth-order valence-electron chi connectivity index (χ4n) is 4.10. The van der Waals surface area contributed by atoms with Gasteiger partial charge in [0.05, 0.1) is 0 Å². The number of pyridine rings is 1. The average Bonchev–Trinajstić information content (AvgIpc) is 3.55. The average molecular weight is 564 g/mol. The zero-order valence-electron chi connectivity index (χ0n) is 19.2. The number of rotatable bonds is 8.